The first kappa shape index (κ1) is 11.1. The number of para-hydroxylation sites is 1. The van der Waals surface area contributed by atoms with Crippen LogP contribution in [0, 0.1) is 11.3 Å². The molecule has 0 bridgehead atoms. The number of aromatic nitrogens is 3. The van der Waals surface area contributed by atoms with E-state index >= 15 is 0 Å². The van der Waals surface area contributed by atoms with E-state index in [2.05, 4.69) is 24.2 Å². The molecule has 0 amide bonds. The van der Waals surface area contributed by atoms with Crippen molar-refractivity contribution in [2.45, 2.75) is 20.3 Å². The van der Waals surface area contributed by atoms with Crippen LogP contribution in [0.5, 0.6) is 0 Å². The van der Waals surface area contributed by atoms with Crippen LogP contribution in [0.2, 0.25) is 0 Å². The third kappa shape index (κ3) is 1.74. The third-order valence-electron chi connectivity index (χ3n) is 3.63. The van der Waals surface area contributed by atoms with Crippen LogP contribution in [0.1, 0.15) is 30.8 Å². The summed E-state index contributed by atoms with van der Waals surface area (Å²) >= 11 is 0. The van der Waals surface area contributed by atoms with E-state index in [9.17, 15) is 4.79 Å². The molecule has 0 N–H and O–H groups in total. The Morgan fingerprint density at radius 1 is 1.33 bits per heavy atom. The molecule has 1 aliphatic carbocycles. The molecule has 2 aromatic rings. The molecule has 0 saturated heterocycles. The number of carbonyl (C=O) groups excluding carboxylic acids is 1. The van der Waals surface area contributed by atoms with Crippen molar-refractivity contribution in [2.75, 3.05) is 0 Å². The van der Waals surface area contributed by atoms with Crippen molar-refractivity contribution in [1.29, 1.82) is 0 Å². The highest BCUT2D eigenvalue weighted by molar-refractivity contribution is 5.98. The molecule has 0 aliphatic heterocycles. The maximum atomic E-state index is 12.4. The van der Waals surface area contributed by atoms with Crippen molar-refractivity contribution in [2.24, 2.45) is 11.3 Å². The van der Waals surface area contributed by atoms with E-state index in [4.69, 9.17) is 0 Å². The Morgan fingerprint density at radius 3 is 2.61 bits per heavy atom. The van der Waals surface area contributed by atoms with Crippen molar-refractivity contribution in [3.63, 3.8) is 0 Å². The number of carbonyl (C=O) groups is 1. The minimum absolute atomic E-state index is 0.110. The summed E-state index contributed by atoms with van der Waals surface area (Å²) in [5, 5.41) is 7.88. The number of hydrogen-bond donors (Lipinski definition) is 0. The molecular weight excluding hydrogens is 226 g/mol. The molecule has 1 heterocycles. The summed E-state index contributed by atoms with van der Waals surface area (Å²) in [6.07, 6.45) is 2.51. The minimum atomic E-state index is 0.110. The van der Waals surface area contributed by atoms with Gasteiger partial charge in [-0.25, -0.2) is 4.68 Å². The number of rotatable bonds is 3. The second kappa shape index (κ2) is 3.77. The fraction of sp³-hybridized carbons (Fsp3) is 0.357. The van der Waals surface area contributed by atoms with Crippen molar-refractivity contribution in [1.82, 2.24) is 15.0 Å². The summed E-state index contributed by atoms with van der Waals surface area (Å²) in [7, 11) is 0. The SMILES string of the molecule is CC1(C)CC1C(=O)c1cnnn1-c1ccccc1. The minimum Gasteiger partial charge on any atom is -0.292 e. The first-order valence-electron chi connectivity index (χ1n) is 6.10. The Balaban J connectivity index is 1.96. The van der Waals surface area contributed by atoms with Gasteiger partial charge in [-0.05, 0) is 24.0 Å². The summed E-state index contributed by atoms with van der Waals surface area (Å²) in [5.41, 5.74) is 1.58. The summed E-state index contributed by atoms with van der Waals surface area (Å²) < 4.78 is 1.62. The molecule has 1 aliphatic rings. The van der Waals surface area contributed by atoms with Crippen molar-refractivity contribution < 1.29 is 4.79 Å². The summed E-state index contributed by atoms with van der Waals surface area (Å²) in [4.78, 5) is 12.4. The fourth-order valence-corrected chi connectivity index (χ4v) is 2.26. The topological polar surface area (TPSA) is 47.8 Å². The Kier molecular flexibility index (Phi) is 2.33. The molecule has 92 valence electrons. The maximum absolute atomic E-state index is 12.4. The zero-order valence-corrected chi connectivity index (χ0v) is 10.5. The summed E-state index contributed by atoms with van der Waals surface area (Å²) in [6.45, 7) is 4.23. The first-order valence-corrected chi connectivity index (χ1v) is 6.10. The average molecular weight is 241 g/mol. The lowest BCUT2D eigenvalue weighted by molar-refractivity contribution is 0.0945. The third-order valence-corrected chi connectivity index (χ3v) is 3.63. The standard InChI is InChI=1S/C14H15N3O/c1-14(2)8-11(14)13(18)12-9-15-16-17(12)10-6-4-3-5-7-10/h3-7,9,11H,8H2,1-2H3. The van der Waals surface area contributed by atoms with Gasteiger partial charge in [0, 0.05) is 5.92 Å². The summed E-state index contributed by atoms with van der Waals surface area (Å²) in [6, 6.07) is 9.62. The Morgan fingerprint density at radius 2 is 2.00 bits per heavy atom. The second-order valence-electron chi connectivity index (χ2n) is 5.48. The Hall–Kier alpha value is -1.97. The molecule has 1 aromatic heterocycles. The highest BCUT2D eigenvalue weighted by Gasteiger charge is 2.51. The molecule has 18 heavy (non-hydrogen) atoms. The largest absolute Gasteiger partial charge is 0.292 e. The first-order chi connectivity index (χ1) is 8.59. The van der Waals surface area contributed by atoms with Gasteiger partial charge in [0.1, 0.15) is 5.69 Å². The van der Waals surface area contributed by atoms with Crippen LogP contribution < -0.4 is 0 Å². The molecule has 0 radical (unpaired) electrons. The van der Waals surface area contributed by atoms with Gasteiger partial charge in [0.05, 0.1) is 11.9 Å². The molecule has 1 fully saturated rings. The van der Waals surface area contributed by atoms with Gasteiger partial charge >= 0.3 is 0 Å². The molecule has 4 heteroatoms. The summed E-state index contributed by atoms with van der Waals surface area (Å²) in [5.74, 6) is 0.257. The molecule has 3 rings (SSSR count). The van der Waals surface area contributed by atoms with Gasteiger partial charge < -0.3 is 0 Å². The van der Waals surface area contributed by atoms with Crippen LogP contribution in [0.4, 0.5) is 0 Å². The van der Waals surface area contributed by atoms with Gasteiger partial charge in [-0.2, -0.15) is 0 Å². The van der Waals surface area contributed by atoms with E-state index in [1.165, 1.54) is 0 Å². The molecule has 1 unspecified atom stereocenters. The number of nitrogens with zero attached hydrogens (tertiary/aromatic N) is 3. The van der Waals surface area contributed by atoms with Gasteiger partial charge in [0.2, 0.25) is 0 Å². The van der Waals surface area contributed by atoms with E-state index in [-0.39, 0.29) is 17.1 Å². The highest BCUT2D eigenvalue weighted by atomic mass is 16.1. The lowest BCUT2D eigenvalue weighted by Gasteiger charge is -2.06. The monoisotopic (exact) mass is 241 g/mol. The molecule has 1 atom stereocenters. The number of benzene rings is 1. The fourth-order valence-electron chi connectivity index (χ4n) is 2.26. The zero-order chi connectivity index (χ0) is 12.8. The van der Waals surface area contributed by atoms with Crippen LogP contribution >= 0.6 is 0 Å². The van der Waals surface area contributed by atoms with E-state index < -0.39 is 0 Å². The average Bonchev–Trinajstić information content (AvgIpc) is 2.80. The van der Waals surface area contributed by atoms with Crippen LogP contribution in [0.3, 0.4) is 0 Å². The van der Waals surface area contributed by atoms with Crippen LogP contribution in [0.15, 0.2) is 36.5 Å². The number of ketones is 1. The van der Waals surface area contributed by atoms with Crippen LogP contribution in [0.25, 0.3) is 5.69 Å². The predicted molar refractivity (Wildman–Crippen MR) is 67.6 cm³/mol. The van der Waals surface area contributed by atoms with Crippen LogP contribution in [-0.2, 0) is 0 Å². The van der Waals surface area contributed by atoms with Gasteiger partial charge in [0.15, 0.2) is 5.78 Å². The second-order valence-corrected chi connectivity index (χ2v) is 5.48. The lowest BCUT2D eigenvalue weighted by atomic mass is 10.1. The van der Waals surface area contributed by atoms with E-state index in [0.29, 0.717) is 5.69 Å². The van der Waals surface area contributed by atoms with Crippen molar-refractivity contribution >= 4 is 5.78 Å². The molecule has 4 nitrogen and oxygen atoms in total. The van der Waals surface area contributed by atoms with Crippen LogP contribution in [-0.4, -0.2) is 20.8 Å². The Labute approximate surface area is 106 Å². The normalized spacial score (nSPS) is 20.7. The van der Waals surface area contributed by atoms with Crippen molar-refractivity contribution in [3.05, 3.63) is 42.2 Å². The lowest BCUT2D eigenvalue weighted by Crippen LogP contribution is -2.12. The highest BCUT2D eigenvalue weighted by Crippen LogP contribution is 2.53. The number of Topliss-reactive ketones (excluding diaryl/α,β-unsaturated/α-hetero) is 1. The predicted octanol–water partition coefficient (Wildman–Crippen LogP) is 2.50. The maximum Gasteiger partial charge on any atom is 0.186 e. The van der Waals surface area contributed by atoms with Gasteiger partial charge in [-0.1, -0.05) is 37.3 Å². The van der Waals surface area contributed by atoms with E-state index in [1.54, 1.807) is 10.9 Å². The molecule has 0 spiro atoms. The molecule has 1 saturated carbocycles. The Bertz CT molecular complexity index is 586. The van der Waals surface area contributed by atoms with Gasteiger partial charge in [-0.3, -0.25) is 4.79 Å². The van der Waals surface area contributed by atoms with E-state index in [1.807, 2.05) is 30.3 Å². The molecule has 1 aromatic carbocycles. The van der Waals surface area contributed by atoms with Crippen molar-refractivity contribution in [3.8, 4) is 5.69 Å². The van der Waals surface area contributed by atoms with Gasteiger partial charge in [-0.15, -0.1) is 5.10 Å². The van der Waals surface area contributed by atoms with E-state index in [0.717, 1.165) is 12.1 Å². The quantitative estimate of drug-likeness (QED) is 0.776. The van der Waals surface area contributed by atoms with Gasteiger partial charge in [0.25, 0.3) is 0 Å². The zero-order valence-electron chi connectivity index (χ0n) is 10.5. The molecular formula is C14H15N3O. The number of hydrogen-bond acceptors (Lipinski definition) is 3. The smallest absolute Gasteiger partial charge is 0.186 e.